The van der Waals surface area contributed by atoms with Gasteiger partial charge in [0, 0.05) is 30.0 Å². The van der Waals surface area contributed by atoms with Gasteiger partial charge in [-0.2, -0.15) is 0 Å². The second kappa shape index (κ2) is 10.7. The van der Waals surface area contributed by atoms with Gasteiger partial charge in [0.05, 0.1) is 18.9 Å². The lowest BCUT2D eigenvalue weighted by Gasteiger charge is -2.28. The third-order valence-corrected chi connectivity index (χ3v) is 5.07. The van der Waals surface area contributed by atoms with Crippen molar-refractivity contribution in [3.8, 4) is 11.5 Å². The number of ether oxygens (including phenoxy) is 4. The Labute approximate surface area is 191 Å². The molecule has 0 radical (unpaired) electrons. The van der Waals surface area contributed by atoms with E-state index in [0.717, 1.165) is 24.3 Å². The number of anilines is 2. The van der Waals surface area contributed by atoms with Gasteiger partial charge in [-0.05, 0) is 49.4 Å². The van der Waals surface area contributed by atoms with Gasteiger partial charge in [-0.1, -0.05) is 5.16 Å². The maximum atomic E-state index is 12.1. The maximum Gasteiger partial charge on any atom is 0.347 e. The fourth-order valence-corrected chi connectivity index (χ4v) is 3.32. The first-order valence-corrected chi connectivity index (χ1v) is 10.5. The SMILES string of the molecule is C/C(=N\OCC(=O)OCC(=O)Nc1ccc(N2CCOCC2)cc1)c1ccc2c(c1)OCO2. The molecule has 0 spiro atoms. The number of rotatable bonds is 8. The van der Waals surface area contributed by atoms with Gasteiger partial charge in [0.1, 0.15) is 0 Å². The average Bonchev–Trinajstić information content (AvgIpc) is 3.32. The third kappa shape index (κ3) is 6.13. The van der Waals surface area contributed by atoms with Gasteiger partial charge in [0.25, 0.3) is 5.91 Å². The summed E-state index contributed by atoms with van der Waals surface area (Å²) >= 11 is 0. The zero-order chi connectivity index (χ0) is 23.0. The number of amides is 1. The smallest absolute Gasteiger partial charge is 0.347 e. The number of hydrogen-bond donors (Lipinski definition) is 1. The average molecular weight is 455 g/mol. The number of benzene rings is 2. The van der Waals surface area contributed by atoms with E-state index in [2.05, 4.69) is 15.4 Å². The summed E-state index contributed by atoms with van der Waals surface area (Å²) in [5.74, 6) is 0.156. The Balaban J connectivity index is 1.17. The second-order valence-electron chi connectivity index (χ2n) is 7.37. The number of nitrogens with one attached hydrogen (secondary N) is 1. The van der Waals surface area contributed by atoms with Crippen LogP contribution in [0.2, 0.25) is 0 Å². The van der Waals surface area contributed by atoms with E-state index in [0.29, 0.717) is 36.1 Å². The monoisotopic (exact) mass is 455 g/mol. The van der Waals surface area contributed by atoms with Crippen LogP contribution in [0.3, 0.4) is 0 Å². The summed E-state index contributed by atoms with van der Waals surface area (Å²) in [6.45, 7) is 4.18. The normalized spacial score (nSPS) is 15.2. The van der Waals surface area contributed by atoms with Gasteiger partial charge < -0.3 is 34.0 Å². The van der Waals surface area contributed by atoms with Crippen LogP contribution in [-0.2, 0) is 23.9 Å². The van der Waals surface area contributed by atoms with Gasteiger partial charge in [-0.15, -0.1) is 0 Å². The highest BCUT2D eigenvalue weighted by atomic mass is 16.7. The minimum absolute atomic E-state index is 0.185. The quantitative estimate of drug-likeness (QED) is 0.367. The second-order valence-corrected chi connectivity index (χ2v) is 7.37. The van der Waals surface area contributed by atoms with Gasteiger partial charge in [-0.25, -0.2) is 4.79 Å². The molecular formula is C23H25N3O7. The Hall–Kier alpha value is -3.79. The molecule has 2 aliphatic rings. The van der Waals surface area contributed by atoms with Crippen molar-refractivity contribution in [3.63, 3.8) is 0 Å². The van der Waals surface area contributed by atoms with Gasteiger partial charge in [0.2, 0.25) is 13.4 Å². The van der Waals surface area contributed by atoms with Crippen molar-refractivity contribution in [2.75, 3.05) is 56.5 Å². The molecule has 0 unspecified atom stereocenters. The van der Waals surface area contributed by atoms with Crippen LogP contribution in [0, 0.1) is 0 Å². The molecule has 0 aromatic heterocycles. The fourth-order valence-electron chi connectivity index (χ4n) is 3.32. The van der Waals surface area contributed by atoms with Crippen LogP contribution in [-0.4, -0.2) is 63.9 Å². The Morgan fingerprint density at radius 3 is 2.58 bits per heavy atom. The first kappa shape index (κ1) is 22.4. The summed E-state index contributed by atoms with van der Waals surface area (Å²) in [6, 6.07) is 12.8. The molecule has 0 atom stereocenters. The largest absolute Gasteiger partial charge is 0.454 e. The van der Waals surface area contributed by atoms with E-state index in [9.17, 15) is 9.59 Å². The number of fused-ring (bicyclic) bond motifs is 1. The van der Waals surface area contributed by atoms with Crippen molar-refractivity contribution in [3.05, 3.63) is 48.0 Å². The van der Waals surface area contributed by atoms with E-state index in [1.165, 1.54) is 0 Å². The lowest BCUT2D eigenvalue weighted by molar-refractivity contribution is -0.151. The molecule has 1 fully saturated rings. The van der Waals surface area contributed by atoms with Gasteiger partial charge >= 0.3 is 5.97 Å². The molecule has 174 valence electrons. The van der Waals surface area contributed by atoms with E-state index in [-0.39, 0.29) is 6.79 Å². The van der Waals surface area contributed by atoms with Crippen LogP contribution in [0.25, 0.3) is 0 Å². The van der Waals surface area contributed by atoms with Crippen molar-refractivity contribution < 1.29 is 33.4 Å². The Morgan fingerprint density at radius 1 is 1.03 bits per heavy atom. The van der Waals surface area contributed by atoms with E-state index in [1.807, 2.05) is 18.2 Å². The summed E-state index contributed by atoms with van der Waals surface area (Å²) in [7, 11) is 0. The van der Waals surface area contributed by atoms with Crippen LogP contribution in [0.4, 0.5) is 11.4 Å². The summed E-state index contributed by atoms with van der Waals surface area (Å²) in [5.41, 5.74) is 3.01. The molecule has 1 saturated heterocycles. The van der Waals surface area contributed by atoms with E-state index < -0.39 is 25.1 Å². The van der Waals surface area contributed by atoms with Crippen molar-refractivity contribution in [1.29, 1.82) is 0 Å². The summed E-state index contributed by atoms with van der Waals surface area (Å²) in [5, 5.41) is 6.60. The molecule has 2 aliphatic heterocycles. The molecule has 0 saturated carbocycles. The van der Waals surface area contributed by atoms with Crippen LogP contribution in [0.1, 0.15) is 12.5 Å². The Kier molecular flexibility index (Phi) is 7.26. The number of carbonyl (C=O) groups is 2. The van der Waals surface area contributed by atoms with Crippen molar-refractivity contribution in [1.82, 2.24) is 0 Å². The van der Waals surface area contributed by atoms with Gasteiger partial charge in [0.15, 0.2) is 18.1 Å². The molecule has 1 amide bonds. The minimum Gasteiger partial charge on any atom is -0.454 e. The summed E-state index contributed by atoms with van der Waals surface area (Å²) < 4.78 is 20.9. The first-order chi connectivity index (χ1) is 16.1. The molecule has 33 heavy (non-hydrogen) atoms. The van der Waals surface area contributed by atoms with Crippen molar-refractivity contribution in [2.45, 2.75) is 6.92 Å². The number of hydrogen-bond acceptors (Lipinski definition) is 9. The Bertz CT molecular complexity index is 1020. The molecule has 10 heteroatoms. The standard InChI is InChI=1S/C23H25N3O7/c1-16(17-2-7-20-21(12-17)32-15-31-20)25-33-14-23(28)30-13-22(27)24-18-3-5-19(6-4-18)26-8-10-29-11-9-26/h2-7,12H,8-11,13-15H2,1H3,(H,24,27)/b25-16+. The summed E-state index contributed by atoms with van der Waals surface area (Å²) in [6.07, 6.45) is 0. The third-order valence-electron chi connectivity index (χ3n) is 5.07. The predicted molar refractivity (Wildman–Crippen MR) is 120 cm³/mol. The minimum atomic E-state index is -0.699. The molecule has 4 rings (SSSR count). The number of esters is 1. The zero-order valence-electron chi connectivity index (χ0n) is 18.2. The highest BCUT2D eigenvalue weighted by Gasteiger charge is 2.15. The first-order valence-electron chi connectivity index (χ1n) is 10.5. The molecule has 0 bridgehead atoms. The van der Waals surface area contributed by atoms with E-state index >= 15 is 0 Å². The Morgan fingerprint density at radius 2 is 1.79 bits per heavy atom. The lowest BCUT2D eigenvalue weighted by atomic mass is 10.1. The highest BCUT2D eigenvalue weighted by molar-refractivity contribution is 5.99. The topological polar surface area (TPSA) is 108 Å². The molecule has 10 nitrogen and oxygen atoms in total. The van der Waals surface area contributed by atoms with Crippen LogP contribution < -0.4 is 19.7 Å². The number of carbonyl (C=O) groups excluding carboxylic acids is 2. The molecule has 2 heterocycles. The predicted octanol–water partition coefficient (Wildman–Crippen LogP) is 2.17. The molecule has 2 aromatic carbocycles. The highest BCUT2D eigenvalue weighted by Crippen LogP contribution is 2.32. The van der Waals surface area contributed by atoms with Crippen LogP contribution in [0.5, 0.6) is 11.5 Å². The fraction of sp³-hybridized carbons (Fsp3) is 0.348. The molecule has 0 aliphatic carbocycles. The number of oxime groups is 1. The maximum absolute atomic E-state index is 12.1. The number of morpholine rings is 1. The van der Waals surface area contributed by atoms with Gasteiger partial charge in [-0.3, -0.25) is 4.79 Å². The number of nitrogens with zero attached hydrogens (tertiary/aromatic N) is 2. The molecule has 1 N–H and O–H groups in total. The van der Waals surface area contributed by atoms with E-state index in [1.54, 1.807) is 31.2 Å². The lowest BCUT2D eigenvalue weighted by Crippen LogP contribution is -2.36. The molecular weight excluding hydrogens is 430 g/mol. The van der Waals surface area contributed by atoms with Crippen LogP contribution in [0.15, 0.2) is 47.6 Å². The molecule has 2 aromatic rings. The van der Waals surface area contributed by atoms with Crippen LogP contribution >= 0.6 is 0 Å². The zero-order valence-corrected chi connectivity index (χ0v) is 18.2. The van der Waals surface area contributed by atoms with Crippen molar-refractivity contribution in [2.24, 2.45) is 5.16 Å². The van der Waals surface area contributed by atoms with Crippen molar-refractivity contribution >= 4 is 29.0 Å². The van der Waals surface area contributed by atoms with E-state index in [4.69, 9.17) is 23.8 Å². The summed E-state index contributed by atoms with van der Waals surface area (Å²) in [4.78, 5) is 31.2.